The molecule has 5 heteroatoms. The molecule has 1 aromatic rings. The normalized spacial score (nSPS) is 19.3. The minimum Gasteiger partial charge on any atom is -0.486 e. The van der Waals surface area contributed by atoms with Crippen LogP contribution in [0.15, 0.2) is 18.2 Å². The Kier molecular flexibility index (Phi) is 4.01. The van der Waals surface area contributed by atoms with Crippen LogP contribution in [0.2, 0.25) is 0 Å². The maximum absolute atomic E-state index is 12.2. The molecular weight excluding hydrogens is 270 g/mol. The number of hydrogen-bond donors (Lipinski definition) is 2. The Bertz CT molecular complexity index is 523. The number of ether oxygens (including phenoxy) is 2. The number of aliphatic hydroxyl groups excluding tert-OH is 1. The van der Waals surface area contributed by atoms with Crippen molar-refractivity contribution in [2.75, 3.05) is 19.8 Å². The number of amides is 1. The van der Waals surface area contributed by atoms with E-state index in [0.29, 0.717) is 25.4 Å². The molecule has 1 fully saturated rings. The molecule has 3 rings (SSSR count). The van der Waals surface area contributed by atoms with E-state index in [1.54, 1.807) is 0 Å². The molecule has 114 valence electrons. The summed E-state index contributed by atoms with van der Waals surface area (Å²) in [6.45, 7) is 1.11. The van der Waals surface area contributed by atoms with Gasteiger partial charge in [0.25, 0.3) is 0 Å². The Balaban J connectivity index is 1.64. The van der Waals surface area contributed by atoms with Crippen LogP contribution in [0.1, 0.15) is 31.2 Å². The van der Waals surface area contributed by atoms with Crippen molar-refractivity contribution in [2.24, 2.45) is 0 Å². The fourth-order valence-electron chi connectivity index (χ4n) is 3.10. The number of fused-ring (bicyclic) bond motifs is 1. The lowest BCUT2D eigenvalue weighted by atomic mass is 9.98. The quantitative estimate of drug-likeness (QED) is 0.880. The van der Waals surface area contributed by atoms with Gasteiger partial charge in [-0.05, 0) is 30.5 Å². The second-order valence-electron chi connectivity index (χ2n) is 5.85. The third-order valence-corrected chi connectivity index (χ3v) is 4.24. The van der Waals surface area contributed by atoms with Gasteiger partial charge in [0.2, 0.25) is 5.91 Å². The Labute approximate surface area is 124 Å². The Morgan fingerprint density at radius 2 is 1.90 bits per heavy atom. The van der Waals surface area contributed by atoms with Gasteiger partial charge < -0.3 is 19.9 Å². The molecule has 1 amide bonds. The third-order valence-electron chi connectivity index (χ3n) is 4.24. The van der Waals surface area contributed by atoms with Crippen LogP contribution in [0.3, 0.4) is 0 Å². The van der Waals surface area contributed by atoms with Gasteiger partial charge in [-0.2, -0.15) is 0 Å². The zero-order valence-electron chi connectivity index (χ0n) is 12.1. The van der Waals surface area contributed by atoms with Crippen LogP contribution < -0.4 is 14.8 Å². The van der Waals surface area contributed by atoms with Crippen LogP contribution in [0, 0.1) is 0 Å². The van der Waals surface area contributed by atoms with E-state index < -0.39 is 5.54 Å². The van der Waals surface area contributed by atoms with E-state index in [1.807, 2.05) is 18.2 Å². The summed E-state index contributed by atoms with van der Waals surface area (Å²) in [4.78, 5) is 12.2. The molecule has 2 N–H and O–H groups in total. The number of carbonyl (C=O) groups excluding carboxylic acids is 1. The van der Waals surface area contributed by atoms with E-state index in [-0.39, 0.29) is 12.5 Å². The van der Waals surface area contributed by atoms with Crippen molar-refractivity contribution in [3.63, 3.8) is 0 Å². The molecule has 0 spiro atoms. The van der Waals surface area contributed by atoms with Crippen molar-refractivity contribution in [1.29, 1.82) is 0 Å². The molecular formula is C16H21NO4. The number of nitrogens with one attached hydrogen (secondary N) is 1. The monoisotopic (exact) mass is 291 g/mol. The summed E-state index contributed by atoms with van der Waals surface area (Å²) in [5, 5.41) is 12.5. The average Bonchev–Trinajstić information content (AvgIpc) is 2.96. The Morgan fingerprint density at radius 1 is 1.19 bits per heavy atom. The van der Waals surface area contributed by atoms with Gasteiger partial charge in [0.05, 0.1) is 18.6 Å². The number of carbonyl (C=O) groups is 1. The molecule has 1 saturated carbocycles. The fourth-order valence-corrected chi connectivity index (χ4v) is 3.10. The van der Waals surface area contributed by atoms with Gasteiger partial charge in [-0.15, -0.1) is 0 Å². The SMILES string of the molecule is O=C(Cc1ccc2c(c1)OCCO2)NC1(CO)CCCC1. The van der Waals surface area contributed by atoms with Gasteiger partial charge in [-0.3, -0.25) is 4.79 Å². The average molecular weight is 291 g/mol. The number of aliphatic hydroxyl groups is 1. The van der Waals surface area contributed by atoms with Crippen LogP contribution in [-0.4, -0.2) is 36.4 Å². The standard InChI is InChI=1S/C16H21NO4/c18-11-16(5-1-2-6-16)17-15(19)10-12-3-4-13-14(9-12)21-8-7-20-13/h3-4,9,18H,1-2,5-8,10-11H2,(H,17,19). The van der Waals surface area contributed by atoms with Crippen molar-refractivity contribution >= 4 is 5.91 Å². The molecule has 21 heavy (non-hydrogen) atoms. The zero-order valence-corrected chi connectivity index (χ0v) is 12.1. The Hall–Kier alpha value is -1.75. The van der Waals surface area contributed by atoms with E-state index in [4.69, 9.17) is 9.47 Å². The van der Waals surface area contributed by atoms with E-state index in [0.717, 1.165) is 37.0 Å². The van der Waals surface area contributed by atoms with Crippen molar-refractivity contribution < 1.29 is 19.4 Å². The third kappa shape index (κ3) is 3.13. The van der Waals surface area contributed by atoms with Gasteiger partial charge in [-0.1, -0.05) is 18.9 Å². The summed E-state index contributed by atoms with van der Waals surface area (Å²) >= 11 is 0. The largest absolute Gasteiger partial charge is 0.486 e. The highest BCUT2D eigenvalue weighted by molar-refractivity contribution is 5.79. The molecule has 1 heterocycles. The highest BCUT2D eigenvalue weighted by Crippen LogP contribution is 2.31. The molecule has 0 radical (unpaired) electrons. The first kappa shape index (κ1) is 14.2. The number of benzene rings is 1. The van der Waals surface area contributed by atoms with Gasteiger partial charge in [0, 0.05) is 0 Å². The molecule has 0 saturated heterocycles. The van der Waals surface area contributed by atoms with Crippen molar-refractivity contribution in [2.45, 2.75) is 37.6 Å². The summed E-state index contributed by atoms with van der Waals surface area (Å²) < 4.78 is 11.0. The van der Waals surface area contributed by atoms with E-state index in [2.05, 4.69) is 5.32 Å². The summed E-state index contributed by atoms with van der Waals surface area (Å²) in [7, 11) is 0. The van der Waals surface area contributed by atoms with Gasteiger partial charge in [0.1, 0.15) is 13.2 Å². The lowest BCUT2D eigenvalue weighted by Gasteiger charge is -2.28. The molecule has 1 aliphatic carbocycles. The van der Waals surface area contributed by atoms with Crippen LogP contribution in [0.25, 0.3) is 0 Å². The minimum absolute atomic E-state index is 0.0138. The number of rotatable bonds is 4. The summed E-state index contributed by atoms with van der Waals surface area (Å²) in [5.74, 6) is 1.37. The van der Waals surface area contributed by atoms with Crippen molar-refractivity contribution in [1.82, 2.24) is 5.32 Å². The zero-order chi connectivity index (χ0) is 14.7. The molecule has 2 aliphatic rings. The lowest BCUT2D eigenvalue weighted by molar-refractivity contribution is -0.122. The van der Waals surface area contributed by atoms with E-state index in [9.17, 15) is 9.90 Å². The van der Waals surface area contributed by atoms with Crippen molar-refractivity contribution in [3.8, 4) is 11.5 Å². The van der Waals surface area contributed by atoms with E-state index in [1.165, 1.54) is 0 Å². The van der Waals surface area contributed by atoms with Gasteiger partial charge in [-0.25, -0.2) is 0 Å². The second kappa shape index (κ2) is 5.93. The summed E-state index contributed by atoms with van der Waals surface area (Å²) in [6.07, 6.45) is 4.13. The first-order valence-electron chi connectivity index (χ1n) is 7.51. The van der Waals surface area contributed by atoms with Crippen molar-refractivity contribution in [3.05, 3.63) is 23.8 Å². The minimum atomic E-state index is -0.412. The van der Waals surface area contributed by atoms with E-state index >= 15 is 0 Å². The molecule has 5 nitrogen and oxygen atoms in total. The predicted molar refractivity (Wildman–Crippen MR) is 77.6 cm³/mol. The first-order valence-corrected chi connectivity index (χ1v) is 7.51. The van der Waals surface area contributed by atoms with Crippen LogP contribution in [-0.2, 0) is 11.2 Å². The van der Waals surface area contributed by atoms with Gasteiger partial charge in [0.15, 0.2) is 11.5 Å². The smallest absolute Gasteiger partial charge is 0.224 e. The molecule has 0 aromatic heterocycles. The highest BCUT2D eigenvalue weighted by atomic mass is 16.6. The molecule has 0 bridgehead atoms. The van der Waals surface area contributed by atoms with Crippen LogP contribution in [0.5, 0.6) is 11.5 Å². The van der Waals surface area contributed by atoms with Crippen LogP contribution in [0.4, 0.5) is 0 Å². The summed E-state index contributed by atoms with van der Waals surface area (Å²) in [5.41, 5.74) is 0.480. The predicted octanol–water partition coefficient (Wildman–Crippen LogP) is 1.42. The molecule has 1 aliphatic heterocycles. The second-order valence-corrected chi connectivity index (χ2v) is 5.85. The maximum atomic E-state index is 12.2. The van der Waals surface area contributed by atoms with Crippen LogP contribution >= 0.6 is 0 Å². The number of hydrogen-bond acceptors (Lipinski definition) is 4. The summed E-state index contributed by atoms with van der Waals surface area (Å²) in [6, 6.07) is 5.58. The first-order chi connectivity index (χ1) is 10.2. The fraction of sp³-hybridized carbons (Fsp3) is 0.562. The lowest BCUT2D eigenvalue weighted by Crippen LogP contribution is -2.49. The van der Waals surface area contributed by atoms with Gasteiger partial charge >= 0.3 is 0 Å². The molecule has 0 atom stereocenters. The molecule has 1 aromatic carbocycles. The maximum Gasteiger partial charge on any atom is 0.224 e. The highest BCUT2D eigenvalue weighted by Gasteiger charge is 2.34. The molecule has 0 unspecified atom stereocenters. The Morgan fingerprint density at radius 3 is 2.62 bits per heavy atom. The topological polar surface area (TPSA) is 67.8 Å².